The first-order valence-corrected chi connectivity index (χ1v) is 16.9. The summed E-state index contributed by atoms with van der Waals surface area (Å²) in [5.41, 5.74) is 2.60. The monoisotopic (exact) mass is 523 g/mol. The molecule has 0 aliphatic carbocycles. The second-order valence-electron chi connectivity index (χ2n) is 11.2. The summed E-state index contributed by atoms with van der Waals surface area (Å²) < 4.78 is 21.6. The molecule has 2 aliphatic rings. The van der Waals surface area contributed by atoms with E-state index in [1.54, 1.807) is 6.33 Å². The largest absolute Gasteiger partial charge is 0.361 e. The van der Waals surface area contributed by atoms with Crippen molar-refractivity contribution in [2.24, 2.45) is 0 Å². The van der Waals surface area contributed by atoms with Crippen LogP contribution in [0.5, 0.6) is 0 Å². The minimum absolute atomic E-state index is 0.0418. The average Bonchev–Trinajstić information content (AvgIpc) is 3.63. The Balaban J connectivity index is 1.27. The zero-order valence-corrected chi connectivity index (χ0v) is 23.1. The van der Waals surface area contributed by atoms with Gasteiger partial charge < -0.3 is 23.7 Å². The van der Waals surface area contributed by atoms with Crippen LogP contribution < -0.4 is 0 Å². The first-order chi connectivity index (χ1) is 17.9. The van der Waals surface area contributed by atoms with Gasteiger partial charge in [0.2, 0.25) is 0 Å². The average molecular weight is 524 g/mol. The molecule has 3 aromatic heterocycles. The molecule has 2 aliphatic heterocycles. The fourth-order valence-corrected chi connectivity index (χ4v) is 5.80. The van der Waals surface area contributed by atoms with Crippen molar-refractivity contribution in [3.8, 4) is 17.3 Å². The topological polar surface area (TPSA) is 103 Å². The Morgan fingerprint density at radius 3 is 2.70 bits per heavy atom. The molecule has 1 unspecified atom stereocenters. The zero-order valence-electron chi connectivity index (χ0n) is 22.1. The fraction of sp³-hybridized carbons (Fsp3) is 0.615. The predicted octanol–water partition coefficient (Wildman–Crippen LogP) is 3.90. The van der Waals surface area contributed by atoms with Crippen LogP contribution in [0.3, 0.4) is 0 Å². The van der Waals surface area contributed by atoms with Gasteiger partial charge >= 0.3 is 0 Å². The van der Waals surface area contributed by atoms with Gasteiger partial charge in [-0.15, -0.1) is 0 Å². The maximum absolute atomic E-state index is 9.51. The highest BCUT2D eigenvalue weighted by Crippen LogP contribution is 2.32. The number of ether oxygens (including phenoxy) is 3. The standard InChI is InChI=1S/C26H37N7O3Si/c1-37(2,3)15-14-34-20-32-9-5-23-24(28-19-29-25(23)32)21-16-30-33(17-21)22(4-8-27)18-31-10-6-26(7-11-31)35-12-13-36-26/h5,9,16-17,19,22H,4,6-7,10-15,18,20H2,1-3H3. The zero-order chi connectivity index (χ0) is 25.9. The third-order valence-electron chi connectivity index (χ3n) is 7.26. The number of piperidine rings is 1. The summed E-state index contributed by atoms with van der Waals surface area (Å²) in [4.78, 5) is 11.5. The molecule has 11 heteroatoms. The molecule has 0 bridgehead atoms. The second kappa shape index (κ2) is 11.0. The van der Waals surface area contributed by atoms with Gasteiger partial charge in [-0.2, -0.15) is 10.4 Å². The molecular formula is C26H37N7O3Si. The van der Waals surface area contributed by atoms with Crippen molar-refractivity contribution in [1.29, 1.82) is 5.26 Å². The van der Waals surface area contributed by atoms with E-state index < -0.39 is 13.9 Å². The van der Waals surface area contributed by atoms with Gasteiger partial charge in [0.1, 0.15) is 18.7 Å². The Labute approximate surface area is 219 Å². The van der Waals surface area contributed by atoms with E-state index in [9.17, 15) is 5.26 Å². The molecule has 5 heterocycles. The minimum atomic E-state index is -1.12. The number of aromatic nitrogens is 5. The molecule has 37 heavy (non-hydrogen) atoms. The van der Waals surface area contributed by atoms with Crippen LogP contribution in [-0.4, -0.2) is 82.5 Å². The van der Waals surface area contributed by atoms with Gasteiger partial charge in [-0.3, -0.25) is 4.68 Å². The molecule has 3 aromatic rings. The first-order valence-electron chi connectivity index (χ1n) is 13.2. The van der Waals surface area contributed by atoms with Gasteiger partial charge in [-0.25, -0.2) is 9.97 Å². The Bertz CT molecular complexity index is 1230. The number of hydrogen-bond acceptors (Lipinski definition) is 8. The first kappa shape index (κ1) is 26.0. The number of hydrogen-bond donors (Lipinski definition) is 0. The van der Waals surface area contributed by atoms with Crippen LogP contribution in [0.4, 0.5) is 0 Å². The molecular weight excluding hydrogens is 486 g/mol. The number of nitriles is 1. The van der Waals surface area contributed by atoms with Crippen LogP contribution in [0.1, 0.15) is 25.3 Å². The highest BCUT2D eigenvalue weighted by Gasteiger charge is 2.40. The summed E-state index contributed by atoms with van der Waals surface area (Å²) in [5, 5.41) is 15.1. The van der Waals surface area contributed by atoms with Gasteiger partial charge in [0, 0.05) is 70.5 Å². The fourth-order valence-electron chi connectivity index (χ4n) is 5.05. The van der Waals surface area contributed by atoms with Crippen LogP contribution in [0.15, 0.2) is 31.0 Å². The lowest BCUT2D eigenvalue weighted by Gasteiger charge is -2.38. The summed E-state index contributed by atoms with van der Waals surface area (Å²) in [5.74, 6) is -0.395. The SMILES string of the molecule is C[Si](C)(C)CCOCn1ccc2c(-c3cnn(C(CC#N)CN4CCC5(CC4)OCCO5)c3)ncnc21. The quantitative estimate of drug-likeness (QED) is 0.291. The van der Waals surface area contributed by atoms with E-state index in [1.807, 2.05) is 33.9 Å². The summed E-state index contributed by atoms with van der Waals surface area (Å²) in [6.07, 6.45) is 9.53. The molecule has 1 spiro atoms. The molecule has 10 nitrogen and oxygen atoms in total. The molecule has 198 valence electrons. The lowest BCUT2D eigenvalue weighted by Crippen LogP contribution is -2.46. The normalized spacial score (nSPS) is 19.0. The van der Waals surface area contributed by atoms with Gasteiger partial charge in [0.05, 0.1) is 43.6 Å². The van der Waals surface area contributed by atoms with Crippen molar-refractivity contribution in [3.05, 3.63) is 31.0 Å². The van der Waals surface area contributed by atoms with Crippen LogP contribution in [0.25, 0.3) is 22.3 Å². The number of fused-ring (bicyclic) bond motifs is 1. The van der Waals surface area contributed by atoms with Gasteiger partial charge in [-0.1, -0.05) is 19.6 Å². The molecule has 1 atom stereocenters. The van der Waals surface area contributed by atoms with E-state index in [0.717, 1.165) is 67.4 Å². The smallest absolute Gasteiger partial charge is 0.170 e. The van der Waals surface area contributed by atoms with E-state index in [2.05, 4.69) is 45.7 Å². The lowest BCUT2D eigenvalue weighted by atomic mass is 10.0. The molecule has 0 N–H and O–H groups in total. The molecule has 0 aromatic carbocycles. The van der Waals surface area contributed by atoms with E-state index in [-0.39, 0.29) is 6.04 Å². The Kier molecular flexibility index (Phi) is 7.74. The summed E-state index contributed by atoms with van der Waals surface area (Å²) in [6.45, 7) is 12.2. The van der Waals surface area contributed by atoms with Crippen molar-refractivity contribution in [3.63, 3.8) is 0 Å². The van der Waals surface area contributed by atoms with Crippen molar-refractivity contribution >= 4 is 19.1 Å². The van der Waals surface area contributed by atoms with Gasteiger partial charge in [0.15, 0.2) is 5.79 Å². The molecule has 2 saturated heterocycles. The molecule has 0 radical (unpaired) electrons. The number of likely N-dealkylation sites (tertiary alicyclic amines) is 1. The molecule has 0 saturated carbocycles. The highest BCUT2D eigenvalue weighted by molar-refractivity contribution is 6.76. The van der Waals surface area contributed by atoms with Crippen LogP contribution in [-0.2, 0) is 20.9 Å². The second-order valence-corrected chi connectivity index (χ2v) is 16.8. The molecule has 2 fully saturated rings. The third kappa shape index (κ3) is 6.10. The van der Waals surface area contributed by atoms with E-state index >= 15 is 0 Å². The molecule has 5 rings (SSSR count). The van der Waals surface area contributed by atoms with Crippen LogP contribution >= 0.6 is 0 Å². The van der Waals surface area contributed by atoms with E-state index in [0.29, 0.717) is 26.4 Å². The minimum Gasteiger partial charge on any atom is -0.361 e. The Morgan fingerprint density at radius 2 is 1.97 bits per heavy atom. The van der Waals surface area contributed by atoms with Crippen molar-refractivity contribution in [2.75, 3.05) is 39.5 Å². The lowest BCUT2D eigenvalue weighted by molar-refractivity contribution is -0.185. The van der Waals surface area contributed by atoms with E-state index in [1.165, 1.54) is 0 Å². The predicted molar refractivity (Wildman–Crippen MR) is 142 cm³/mol. The van der Waals surface area contributed by atoms with E-state index in [4.69, 9.17) is 14.2 Å². The summed E-state index contributed by atoms with van der Waals surface area (Å²) >= 11 is 0. The maximum atomic E-state index is 9.51. The van der Waals surface area contributed by atoms with Gasteiger partial charge in [0.25, 0.3) is 0 Å². The summed E-state index contributed by atoms with van der Waals surface area (Å²) in [6, 6.07) is 5.47. The molecule has 0 amide bonds. The van der Waals surface area contributed by atoms with Crippen molar-refractivity contribution < 1.29 is 14.2 Å². The van der Waals surface area contributed by atoms with Crippen LogP contribution in [0, 0.1) is 11.3 Å². The summed E-state index contributed by atoms with van der Waals surface area (Å²) in [7, 11) is -1.12. The van der Waals surface area contributed by atoms with Crippen molar-refractivity contribution in [1.82, 2.24) is 29.2 Å². The Morgan fingerprint density at radius 1 is 1.19 bits per heavy atom. The Hall–Kier alpha value is -2.62. The highest BCUT2D eigenvalue weighted by atomic mass is 28.3. The van der Waals surface area contributed by atoms with Gasteiger partial charge in [-0.05, 0) is 12.1 Å². The third-order valence-corrected chi connectivity index (χ3v) is 8.96. The number of nitrogens with zero attached hydrogens (tertiary/aromatic N) is 7. The number of rotatable bonds is 10. The van der Waals surface area contributed by atoms with Crippen molar-refractivity contribution in [2.45, 2.75) is 63.5 Å². The maximum Gasteiger partial charge on any atom is 0.170 e. The van der Waals surface area contributed by atoms with Crippen LogP contribution in [0.2, 0.25) is 25.7 Å².